The number of nitrogens with zero attached hydrogens (tertiary/aromatic N) is 5. The van der Waals surface area contributed by atoms with E-state index in [1.165, 1.54) is 6.07 Å². The van der Waals surface area contributed by atoms with Crippen molar-refractivity contribution in [3.63, 3.8) is 0 Å². The van der Waals surface area contributed by atoms with Crippen LogP contribution in [0.15, 0.2) is 33.5 Å². The van der Waals surface area contributed by atoms with Gasteiger partial charge < -0.3 is 4.52 Å². The Balaban J connectivity index is 1.86. The van der Waals surface area contributed by atoms with E-state index in [2.05, 4.69) is 36.2 Å². The van der Waals surface area contributed by atoms with Crippen LogP contribution in [-0.2, 0) is 6.54 Å². The first-order valence-electron chi connectivity index (χ1n) is 5.76. The van der Waals surface area contributed by atoms with Crippen LogP contribution in [0.1, 0.15) is 11.7 Å². The Bertz CT molecular complexity index is 754. The molecule has 0 N–H and O–H groups in total. The molecule has 2 heterocycles. The molecule has 3 aromatic rings. The van der Waals surface area contributed by atoms with E-state index in [1.54, 1.807) is 30.1 Å². The molecule has 0 bridgehead atoms. The first-order valence-corrected chi connectivity index (χ1v) is 6.55. The lowest BCUT2D eigenvalue weighted by molar-refractivity contribution is 0.365. The molecule has 6 nitrogen and oxygen atoms in total. The molecule has 8 heteroatoms. The molecule has 0 atom stereocenters. The highest BCUT2D eigenvalue weighted by Gasteiger charge is 2.13. The van der Waals surface area contributed by atoms with Crippen molar-refractivity contribution in [1.29, 1.82) is 0 Å². The third kappa shape index (κ3) is 2.60. The summed E-state index contributed by atoms with van der Waals surface area (Å²) in [6, 6.07) is 4.66. The standard InChI is InChI=1S/C12H9BrFN5O/c1-7-15-6-19(17-7)5-11-16-12(18-20-11)9-3-2-8(13)4-10(9)14/h2-4,6H,5H2,1H3. The minimum absolute atomic E-state index is 0.210. The van der Waals surface area contributed by atoms with Crippen molar-refractivity contribution in [2.45, 2.75) is 13.5 Å². The summed E-state index contributed by atoms with van der Waals surface area (Å²) < 4.78 is 21.1. The summed E-state index contributed by atoms with van der Waals surface area (Å²) >= 11 is 3.20. The Morgan fingerprint density at radius 2 is 2.25 bits per heavy atom. The van der Waals surface area contributed by atoms with Gasteiger partial charge in [-0.05, 0) is 25.1 Å². The van der Waals surface area contributed by atoms with Gasteiger partial charge in [-0.3, -0.25) is 0 Å². The van der Waals surface area contributed by atoms with Crippen LogP contribution in [0.25, 0.3) is 11.4 Å². The van der Waals surface area contributed by atoms with Crippen molar-refractivity contribution in [2.24, 2.45) is 0 Å². The number of hydrogen-bond donors (Lipinski definition) is 0. The van der Waals surface area contributed by atoms with Gasteiger partial charge in [0.2, 0.25) is 11.7 Å². The van der Waals surface area contributed by atoms with Crippen LogP contribution in [-0.4, -0.2) is 24.9 Å². The van der Waals surface area contributed by atoms with Crippen molar-refractivity contribution in [2.75, 3.05) is 0 Å². The predicted octanol–water partition coefficient (Wildman–Crippen LogP) is 2.59. The number of aryl methyl sites for hydroxylation is 1. The van der Waals surface area contributed by atoms with Crippen LogP contribution in [0.3, 0.4) is 0 Å². The average molecular weight is 338 g/mol. The summed E-state index contributed by atoms with van der Waals surface area (Å²) in [4.78, 5) is 8.15. The van der Waals surface area contributed by atoms with Gasteiger partial charge in [-0.15, -0.1) is 0 Å². The smallest absolute Gasteiger partial charge is 0.248 e. The second-order valence-corrected chi connectivity index (χ2v) is 5.04. The molecule has 0 unspecified atom stereocenters. The van der Waals surface area contributed by atoms with Gasteiger partial charge in [0.15, 0.2) is 0 Å². The first-order chi connectivity index (χ1) is 9.61. The van der Waals surface area contributed by atoms with Crippen LogP contribution in [0.5, 0.6) is 0 Å². The van der Waals surface area contributed by atoms with E-state index in [0.717, 1.165) is 0 Å². The summed E-state index contributed by atoms with van der Waals surface area (Å²) in [6.45, 7) is 2.08. The highest BCUT2D eigenvalue weighted by atomic mass is 79.9. The maximum absolute atomic E-state index is 13.8. The molecule has 1 aromatic carbocycles. The topological polar surface area (TPSA) is 69.6 Å². The van der Waals surface area contributed by atoms with E-state index >= 15 is 0 Å². The summed E-state index contributed by atoms with van der Waals surface area (Å²) in [5.41, 5.74) is 0.290. The summed E-state index contributed by atoms with van der Waals surface area (Å²) in [7, 11) is 0. The summed E-state index contributed by atoms with van der Waals surface area (Å²) in [5, 5.41) is 7.89. The fourth-order valence-electron chi connectivity index (χ4n) is 1.70. The molecule has 3 rings (SSSR count). The van der Waals surface area contributed by atoms with Crippen molar-refractivity contribution in [1.82, 2.24) is 24.9 Å². The van der Waals surface area contributed by atoms with Crippen molar-refractivity contribution in [3.05, 3.63) is 46.5 Å². The third-order valence-electron chi connectivity index (χ3n) is 2.59. The number of aromatic nitrogens is 5. The van der Waals surface area contributed by atoms with E-state index in [1.807, 2.05) is 0 Å². The lowest BCUT2D eigenvalue weighted by Gasteiger charge is -1.97. The van der Waals surface area contributed by atoms with Crippen molar-refractivity contribution >= 4 is 15.9 Å². The maximum atomic E-state index is 13.8. The molecule has 0 spiro atoms. The van der Waals surface area contributed by atoms with E-state index in [0.29, 0.717) is 22.7 Å². The third-order valence-corrected chi connectivity index (χ3v) is 3.08. The molecule has 0 saturated carbocycles. The van der Waals surface area contributed by atoms with Crippen LogP contribution >= 0.6 is 15.9 Å². The first kappa shape index (κ1) is 12.9. The Kier molecular flexibility index (Phi) is 3.31. The lowest BCUT2D eigenvalue weighted by Crippen LogP contribution is -2.00. The van der Waals surface area contributed by atoms with Crippen LogP contribution in [0, 0.1) is 12.7 Å². The molecule has 2 aromatic heterocycles. The van der Waals surface area contributed by atoms with Gasteiger partial charge in [0.25, 0.3) is 0 Å². The van der Waals surface area contributed by atoms with Crippen LogP contribution < -0.4 is 0 Å². The van der Waals surface area contributed by atoms with E-state index in [-0.39, 0.29) is 11.4 Å². The second kappa shape index (κ2) is 5.12. The molecular weight excluding hydrogens is 329 g/mol. The molecule has 0 aliphatic rings. The molecule has 0 amide bonds. The minimum atomic E-state index is -0.414. The number of hydrogen-bond acceptors (Lipinski definition) is 5. The zero-order valence-corrected chi connectivity index (χ0v) is 12.0. The average Bonchev–Trinajstić information content (AvgIpc) is 2.99. The Morgan fingerprint density at radius 3 is 2.95 bits per heavy atom. The Morgan fingerprint density at radius 1 is 1.40 bits per heavy atom. The normalized spacial score (nSPS) is 10.9. The van der Waals surface area contributed by atoms with Gasteiger partial charge in [0, 0.05) is 4.47 Å². The Labute approximate surface area is 121 Å². The maximum Gasteiger partial charge on any atom is 0.248 e. The van der Waals surface area contributed by atoms with Gasteiger partial charge in [0.05, 0.1) is 5.56 Å². The molecule has 0 saturated heterocycles. The molecule has 0 aliphatic carbocycles. The van der Waals surface area contributed by atoms with Crippen LogP contribution in [0.4, 0.5) is 4.39 Å². The van der Waals surface area contributed by atoms with E-state index in [4.69, 9.17) is 4.52 Å². The molecule has 0 aliphatic heterocycles. The Hall–Kier alpha value is -2.09. The van der Waals surface area contributed by atoms with E-state index in [9.17, 15) is 4.39 Å². The zero-order chi connectivity index (χ0) is 14.1. The van der Waals surface area contributed by atoms with Gasteiger partial charge in [-0.1, -0.05) is 21.1 Å². The summed E-state index contributed by atoms with van der Waals surface area (Å²) in [6.07, 6.45) is 1.57. The van der Waals surface area contributed by atoms with Crippen LogP contribution in [0.2, 0.25) is 0 Å². The molecule has 0 radical (unpaired) electrons. The van der Waals surface area contributed by atoms with E-state index < -0.39 is 5.82 Å². The molecular formula is C12H9BrFN5O. The van der Waals surface area contributed by atoms with Gasteiger partial charge in [-0.2, -0.15) is 10.1 Å². The van der Waals surface area contributed by atoms with Gasteiger partial charge in [-0.25, -0.2) is 14.1 Å². The molecule has 0 fully saturated rings. The predicted molar refractivity (Wildman–Crippen MR) is 71.3 cm³/mol. The fraction of sp³-hybridized carbons (Fsp3) is 0.167. The quantitative estimate of drug-likeness (QED) is 0.734. The largest absolute Gasteiger partial charge is 0.337 e. The highest BCUT2D eigenvalue weighted by Crippen LogP contribution is 2.23. The molecule has 20 heavy (non-hydrogen) atoms. The minimum Gasteiger partial charge on any atom is -0.337 e. The second-order valence-electron chi connectivity index (χ2n) is 4.13. The monoisotopic (exact) mass is 337 g/mol. The van der Waals surface area contributed by atoms with Gasteiger partial charge in [0.1, 0.15) is 24.5 Å². The van der Waals surface area contributed by atoms with Crippen molar-refractivity contribution < 1.29 is 8.91 Å². The zero-order valence-electron chi connectivity index (χ0n) is 10.4. The number of rotatable bonds is 3. The van der Waals surface area contributed by atoms with Crippen molar-refractivity contribution in [3.8, 4) is 11.4 Å². The molecule has 102 valence electrons. The number of benzene rings is 1. The van der Waals surface area contributed by atoms with Gasteiger partial charge >= 0.3 is 0 Å². The highest BCUT2D eigenvalue weighted by molar-refractivity contribution is 9.10. The lowest BCUT2D eigenvalue weighted by atomic mass is 10.2. The SMILES string of the molecule is Cc1ncn(Cc2nc(-c3ccc(Br)cc3F)no2)n1. The summed E-state index contributed by atoms with van der Waals surface area (Å²) in [5.74, 6) is 0.793. The number of halogens is 2. The fourth-order valence-corrected chi connectivity index (χ4v) is 2.03.